The van der Waals surface area contributed by atoms with Crippen molar-refractivity contribution in [2.24, 2.45) is 0 Å². The number of hydrogen-bond donors (Lipinski definition) is 0. The zero-order valence-electron chi connectivity index (χ0n) is 18.5. The number of sulfone groups is 1. The number of carbonyl (C=O) groups is 1. The van der Waals surface area contributed by atoms with Gasteiger partial charge in [0.1, 0.15) is 10.1 Å². The maximum absolute atomic E-state index is 13.2. The van der Waals surface area contributed by atoms with Crippen molar-refractivity contribution in [1.82, 2.24) is 9.88 Å². The Morgan fingerprint density at radius 2 is 1.79 bits per heavy atom. The minimum Gasteiger partial charge on any atom is -0.420 e. The van der Waals surface area contributed by atoms with Crippen LogP contribution in [0.4, 0.5) is 10.3 Å². The maximum atomic E-state index is 13.2. The topological polar surface area (TPSA) is 83.7 Å². The molecule has 0 atom stereocenters. The van der Waals surface area contributed by atoms with E-state index >= 15 is 0 Å². The molecule has 0 N–H and O–H groups in total. The monoisotopic (exact) mass is 517 g/mol. The normalized spacial score (nSPS) is 15.4. The second-order valence-electron chi connectivity index (χ2n) is 7.77. The van der Waals surface area contributed by atoms with E-state index in [2.05, 4.69) is 4.98 Å². The zero-order valence-corrected chi connectivity index (χ0v) is 20.9. The first-order valence-corrected chi connectivity index (χ1v) is 12.8. The van der Waals surface area contributed by atoms with E-state index in [1.807, 2.05) is 6.92 Å². The fourth-order valence-corrected chi connectivity index (χ4v) is 5.78. The number of rotatable bonds is 6. The van der Waals surface area contributed by atoms with Crippen LogP contribution in [0.2, 0.25) is 0 Å². The van der Waals surface area contributed by atoms with E-state index in [9.17, 15) is 17.6 Å². The highest BCUT2D eigenvalue weighted by Crippen LogP contribution is 2.36. The molecule has 0 unspecified atom stereocenters. The maximum Gasteiger partial charge on any atom is 0.266 e. The molecule has 1 aliphatic rings. The highest BCUT2D eigenvalue weighted by molar-refractivity contribution is 8.26. The Morgan fingerprint density at radius 3 is 2.41 bits per heavy atom. The van der Waals surface area contributed by atoms with Gasteiger partial charge >= 0.3 is 0 Å². The number of aryl methyl sites for hydroxylation is 1. The Morgan fingerprint density at radius 1 is 1.15 bits per heavy atom. The summed E-state index contributed by atoms with van der Waals surface area (Å²) in [6.07, 6.45) is 1.38. The highest BCUT2D eigenvalue weighted by Gasteiger charge is 2.34. The number of thiocarbonyl (C=S) groups is 1. The third-order valence-electron chi connectivity index (χ3n) is 4.97. The quantitative estimate of drug-likeness (QED) is 0.351. The smallest absolute Gasteiger partial charge is 0.266 e. The van der Waals surface area contributed by atoms with Gasteiger partial charge in [-0.05, 0) is 36.8 Å². The molecule has 1 aromatic heterocycles. The van der Waals surface area contributed by atoms with Gasteiger partial charge in [0.15, 0.2) is 0 Å². The number of hydrogen-bond acceptors (Lipinski definition) is 8. The van der Waals surface area contributed by atoms with E-state index in [1.165, 1.54) is 40.1 Å². The molecule has 1 saturated heterocycles. The third kappa shape index (κ3) is 4.77. The Labute approximate surface area is 206 Å². The molecule has 11 heteroatoms. The van der Waals surface area contributed by atoms with Crippen molar-refractivity contribution >= 4 is 56.0 Å². The summed E-state index contributed by atoms with van der Waals surface area (Å²) in [6.45, 7) is 2.05. The predicted octanol–water partition coefficient (Wildman–Crippen LogP) is 4.42. The molecule has 176 valence electrons. The second-order valence-corrected chi connectivity index (χ2v) is 11.3. The minimum absolute atomic E-state index is 0.0309. The van der Waals surface area contributed by atoms with Gasteiger partial charge in [0.25, 0.3) is 5.91 Å². The summed E-state index contributed by atoms with van der Waals surface area (Å²) in [5.74, 6) is -0.719. The molecule has 0 saturated carbocycles. The molecule has 0 spiro atoms. The molecule has 1 aliphatic heterocycles. The largest absolute Gasteiger partial charge is 0.420 e. The standard InChI is InChI=1S/C23H20FN3O4S3/c1-14-4-10-17(11-5-14)34(29,30)20-22(26(2)3)31-19(25-20)12-18-21(28)27(23(32)33-18)13-15-6-8-16(24)9-7-15/h4-12H,13H2,1-3H3. The van der Waals surface area contributed by atoms with E-state index in [-0.39, 0.29) is 44.9 Å². The van der Waals surface area contributed by atoms with Gasteiger partial charge in [0.05, 0.1) is 16.3 Å². The lowest BCUT2D eigenvalue weighted by Gasteiger charge is -2.14. The lowest BCUT2D eigenvalue weighted by Crippen LogP contribution is -2.27. The molecule has 1 amide bonds. The van der Waals surface area contributed by atoms with Crippen LogP contribution in [0.15, 0.2) is 67.8 Å². The summed E-state index contributed by atoms with van der Waals surface area (Å²) < 4.78 is 45.7. The predicted molar refractivity (Wildman–Crippen MR) is 133 cm³/mol. The Kier molecular flexibility index (Phi) is 6.61. The zero-order chi connectivity index (χ0) is 24.6. The Balaban J connectivity index is 1.65. The van der Waals surface area contributed by atoms with Gasteiger partial charge < -0.3 is 9.32 Å². The van der Waals surface area contributed by atoms with Crippen LogP contribution in [0, 0.1) is 12.7 Å². The van der Waals surface area contributed by atoms with Crippen molar-refractivity contribution in [2.75, 3.05) is 19.0 Å². The number of oxazole rings is 1. The van der Waals surface area contributed by atoms with Gasteiger partial charge in [-0.15, -0.1) is 0 Å². The van der Waals surface area contributed by atoms with Crippen molar-refractivity contribution < 1.29 is 22.0 Å². The lowest BCUT2D eigenvalue weighted by molar-refractivity contribution is -0.122. The molecule has 3 aromatic rings. The van der Waals surface area contributed by atoms with Crippen molar-refractivity contribution in [3.63, 3.8) is 0 Å². The molecule has 1 fully saturated rings. The van der Waals surface area contributed by atoms with Crippen LogP contribution < -0.4 is 4.90 Å². The van der Waals surface area contributed by atoms with Crippen LogP contribution in [0.25, 0.3) is 6.08 Å². The Hall–Kier alpha value is -3.02. The number of aromatic nitrogens is 1. The van der Waals surface area contributed by atoms with Crippen LogP contribution in [-0.4, -0.2) is 42.6 Å². The highest BCUT2D eigenvalue weighted by atomic mass is 32.2. The van der Waals surface area contributed by atoms with E-state index in [0.29, 0.717) is 4.32 Å². The molecule has 4 rings (SSSR count). The molecule has 7 nitrogen and oxygen atoms in total. The van der Waals surface area contributed by atoms with Gasteiger partial charge in [-0.2, -0.15) is 4.98 Å². The number of nitrogens with zero attached hydrogens (tertiary/aromatic N) is 3. The average molecular weight is 518 g/mol. The van der Waals surface area contributed by atoms with Crippen molar-refractivity contribution in [3.05, 3.63) is 76.3 Å². The van der Waals surface area contributed by atoms with Gasteiger partial charge in [-0.3, -0.25) is 9.69 Å². The molecule has 2 heterocycles. The summed E-state index contributed by atoms with van der Waals surface area (Å²) in [5.41, 5.74) is 1.65. The van der Waals surface area contributed by atoms with Crippen LogP contribution in [0.1, 0.15) is 17.0 Å². The molecular formula is C23H20FN3O4S3. The van der Waals surface area contributed by atoms with E-state index in [0.717, 1.165) is 22.9 Å². The summed E-state index contributed by atoms with van der Waals surface area (Å²) in [4.78, 5) is 20.4. The SMILES string of the molecule is Cc1ccc(S(=O)(=O)c2nc(C=C3SC(=S)N(Cc4ccc(F)cc4)C3=O)oc2N(C)C)cc1. The first-order chi connectivity index (χ1) is 16.1. The van der Waals surface area contributed by atoms with Gasteiger partial charge in [0.2, 0.25) is 26.6 Å². The van der Waals surface area contributed by atoms with Crippen LogP contribution in [-0.2, 0) is 21.2 Å². The number of anilines is 1. The van der Waals surface area contributed by atoms with E-state index < -0.39 is 9.84 Å². The van der Waals surface area contributed by atoms with Gasteiger partial charge in [0, 0.05) is 20.2 Å². The molecular weight excluding hydrogens is 497 g/mol. The van der Waals surface area contributed by atoms with Crippen molar-refractivity contribution in [2.45, 2.75) is 23.4 Å². The second kappa shape index (κ2) is 9.32. The fraction of sp³-hybridized carbons (Fsp3) is 0.174. The molecule has 0 bridgehead atoms. The van der Waals surface area contributed by atoms with Gasteiger partial charge in [-0.25, -0.2) is 12.8 Å². The summed E-state index contributed by atoms with van der Waals surface area (Å²) in [5, 5.41) is -0.241. The van der Waals surface area contributed by atoms with E-state index in [1.54, 1.807) is 38.4 Å². The first kappa shape index (κ1) is 24.1. The van der Waals surface area contributed by atoms with Crippen LogP contribution in [0.5, 0.6) is 0 Å². The first-order valence-electron chi connectivity index (χ1n) is 10.1. The van der Waals surface area contributed by atoms with E-state index in [4.69, 9.17) is 16.6 Å². The number of thioether (sulfide) groups is 1. The molecule has 34 heavy (non-hydrogen) atoms. The number of halogens is 1. The van der Waals surface area contributed by atoms with Crippen molar-refractivity contribution in [3.8, 4) is 0 Å². The number of benzene rings is 2. The average Bonchev–Trinajstić information content (AvgIpc) is 3.33. The fourth-order valence-electron chi connectivity index (χ4n) is 3.18. The summed E-state index contributed by atoms with van der Waals surface area (Å²) in [7, 11) is -0.679. The van der Waals surface area contributed by atoms with Gasteiger partial charge in [-0.1, -0.05) is 53.8 Å². The van der Waals surface area contributed by atoms with Crippen molar-refractivity contribution in [1.29, 1.82) is 0 Å². The number of amides is 1. The molecule has 2 aromatic carbocycles. The third-order valence-corrected chi connectivity index (χ3v) is 8.02. The van der Waals surface area contributed by atoms with Crippen LogP contribution in [0.3, 0.4) is 0 Å². The molecule has 0 aliphatic carbocycles. The summed E-state index contributed by atoms with van der Waals surface area (Å²) >= 11 is 6.40. The Bertz CT molecular complexity index is 1400. The van der Waals surface area contributed by atoms with Crippen LogP contribution >= 0.6 is 24.0 Å². The molecule has 0 radical (unpaired) electrons. The minimum atomic E-state index is -3.96. The summed E-state index contributed by atoms with van der Waals surface area (Å²) in [6, 6.07) is 12.2. The lowest BCUT2D eigenvalue weighted by atomic mass is 10.2. The number of carbonyl (C=O) groups excluding carboxylic acids is 1.